The first-order valence-electron chi connectivity index (χ1n) is 9.01. The number of nitrogens with one attached hydrogen (secondary N) is 2. The van der Waals surface area contributed by atoms with E-state index < -0.39 is 0 Å². The van der Waals surface area contributed by atoms with Gasteiger partial charge in [0.1, 0.15) is 5.69 Å². The Morgan fingerprint density at radius 2 is 1.68 bits per heavy atom. The van der Waals surface area contributed by atoms with Gasteiger partial charge >= 0.3 is 0 Å². The highest BCUT2D eigenvalue weighted by Gasteiger charge is 2.12. The van der Waals surface area contributed by atoms with Crippen molar-refractivity contribution < 1.29 is 4.79 Å². The molecule has 0 aliphatic carbocycles. The van der Waals surface area contributed by atoms with Crippen molar-refractivity contribution in [2.45, 2.75) is 39.2 Å². The zero-order chi connectivity index (χ0) is 17.6. The van der Waals surface area contributed by atoms with Crippen LogP contribution in [0, 0.1) is 0 Å². The van der Waals surface area contributed by atoms with Crippen molar-refractivity contribution in [2.24, 2.45) is 0 Å². The van der Waals surface area contributed by atoms with Crippen LogP contribution in [-0.4, -0.2) is 30.0 Å². The molecule has 0 unspecified atom stereocenters. The van der Waals surface area contributed by atoms with Crippen LogP contribution in [0.4, 0.5) is 17.1 Å². The van der Waals surface area contributed by atoms with Gasteiger partial charge in [-0.25, -0.2) is 4.98 Å². The monoisotopic (exact) mass is 338 g/mol. The number of hydrogen-bond donors (Lipinski definition) is 2. The van der Waals surface area contributed by atoms with Gasteiger partial charge < -0.3 is 15.5 Å². The van der Waals surface area contributed by atoms with Crippen molar-refractivity contribution in [2.75, 3.05) is 28.6 Å². The number of nitrogens with zero attached hydrogens (tertiary/aromatic N) is 2. The summed E-state index contributed by atoms with van der Waals surface area (Å²) >= 11 is 0. The van der Waals surface area contributed by atoms with Gasteiger partial charge in [-0.3, -0.25) is 4.79 Å². The average Bonchev–Trinajstić information content (AvgIpc) is 2.63. The second kappa shape index (κ2) is 8.01. The van der Waals surface area contributed by atoms with Crippen molar-refractivity contribution in [3.05, 3.63) is 48.3 Å². The lowest BCUT2D eigenvalue weighted by Crippen LogP contribution is -2.29. The molecule has 0 spiro atoms. The van der Waals surface area contributed by atoms with E-state index in [0.717, 1.165) is 24.5 Å². The van der Waals surface area contributed by atoms with E-state index in [9.17, 15) is 4.79 Å². The molecule has 0 radical (unpaired) electrons. The standard InChI is InChI=1S/C20H26N4O/c1-15(2)22-17-8-11-19(21-14-17)20(25)23-16-6-9-18(10-7-16)24-12-4-3-5-13-24/h6-11,14-15,22H,3-5,12-13H2,1-2H3,(H,23,25). The average molecular weight is 338 g/mol. The molecule has 2 aromatic rings. The van der Waals surface area contributed by atoms with Crippen LogP contribution >= 0.6 is 0 Å². The molecule has 1 aromatic heterocycles. The quantitative estimate of drug-likeness (QED) is 0.860. The van der Waals surface area contributed by atoms with Crippen LogP contribution in [0.25, 0.3) is 0 Å². The van der Waals surface area contributed by atoms with E-state index in [0.29, 0.717) is 11.7 Å². The number of aromatic nitrogens is 1. The molecule has 1 aromatic carbocycles. The molecule has 1 fully saturated rings. The first-order chi connectivity index (χ1) is 12.1. The predicted molar refractivity (Wildman–Crippen MR) is 103 cm³/mol. The number of benzene rings is 1. The molecule has 1 amide bonds. The Balaban J connectivity index is 1.60. The molecule has 2 heterocycles. The Hall–Kier alpha value is -2.56. The molecule has 1 aliphatic heterocycles. The van der Waals surface area contributed by atoms with Gasteiger partial charge in [0.25, 0.3) is 5.91 Å². The van der Waals surface area contributed by atoms with Crippen molar-refractivity contribution in [3.8, 4) is 0 Å². The van der Waals surface area contributed by atoms with Crippen LogP contribution in [0.2, 0.25) is 0 Å². The number of pyridine rings is 1. The summed E-state index contributed by atoms with van der Waals surface area (Å²) < 4.78 is 0. The molecule has 5 heteroatoms. The summed E-state index contributed by atoms with van der Waals surface area (Å²) in [6.45, 7) is 6.36. The Morgan fingerprint density at radius 1 is 1.00 bits per heavy atom. The summed E-state index contributed by atoms with van der Waals surface area (Å²) in [6.07, 6.45) is 5.52. The van der Waals surface area contributed by atoms with Gasteiger partial charge in [-0.1, -0.05) is 0 Å². The van der Waals surface area contributed by atoms with Gasteiger partial charge in [0.2, 0.25) is 0 Å². The minimum atomic E-state index is -0.193. The molecule has 1 aliphatic rings. The fourth-order valence-electron chi connectivity index (χ4n) is 3.05. The highest BCUT2D eigenvalue weighted by Crippen LogP contribution is 2.22. The van der Waals surface area contributed by atoms with Crippen molar-refractivity contribution in [3.63, 3.8) is 0 Å². The van der Waals surface area contributed by atoms with E-state index in [1.54, 1.807) is 12.3 Å². The Bertz CT molecular complexity index is 689. The minimum Gasteiger partial charge on any atom is -0.382 e. The Labute approximate surface area is 149 Å². The van der Waals surface area contributed by atoms with Crippen molar-refractivity contribution in [1.82, 2.24) is 4.98 Å². The smallest absolute Gasteiger partial charge is 0.274 e. The van der Waals surface area contributed by atoms with Gasteiger partial charge in [0, 0.05) is 30.5 Å². The third kappa shape index (κ3) is 4.72. The SMILES string of the molecule is CC(C)Nc1ccc(C(=O)Nc2ccc(N3CCCCC3)cc2)nc1. The van der Waals surface area contributed by atoms with Gasteiger partial charge in [-0.15, -0.1) is 0 Å². The highest BCUT2D eigenvalue weighted by atomic mass is 16.1. The van der Waals surface area contributed by atoms with Gasteiger partial charge in [-0.05, 0) is 69.5 Å². The topological polar surface area (TPSA) is 57.3 Å². The minimum absolute atomic E-state index is 0.193. The van der Waals surface area contributed by atoms with E-state index in [2.05, 4.69) is 46.5 Å². The van der Waals surface area contributed by atoms with Crippen LogP contribution in [0.15, 0.2) is 42.6 Å². The number of carbonyl (C=O) groups excluding carboxylic acids is 1. The summed E-state index contributed by atoms with van der Waals surface area (Å²) in [4.78, 5) is 19.0. The molecule has 0 atom stereocenters. The summed E-state index contributed by atoms with van der Waals surface area (Å²) in [6, 6.07) is 12.0. The lowest BCUT2D eigenvalue weighted by Gasteiger charge is -2.28. The molecular formula is C20H26N4O. The number of carbonyl (C=O) groups is 1. The fraction of sp³-hybridized carbons (Fsp3) is 0.400. The Morgan fingerprint density at radius 3 is 2.28 bits per heavy atom. The van der Waals surface area contributed by atoms with Crippen LogP contribution in [0.3, 0.4) is 0 Å². The zero-order valence-electron chi connectivity index (χ0n) is 15.0. The number of anilines is 3. The maximum atomic E-state index is 12.3. The summed E-state index contributed by atoms with van der Waals surface area (Å²) in [7, 11) is 0. The number of hydrogen-bond acceptors (Lipinski definition) is 4. The number of amides is 1. The summed E-state index contributed by atoms with van der Waals surface area (Å²) in [5, 5.41) is 6.17. The maximum Gasteiger partial charge on any atom is 0.274 e. The van der Waals surface area contributed by atoms with E-state index in [-0.39, 0.29) is 5.91 Å². The Kier molecular flexibility index (Phi) is 5.53. The van der Waals surface area contributed by atoms with Crippen LogP contribution in [0.1, 0.15) is 43.6 Å². The molecule has 5 nitrogen and oxygen atoms in total. The molecule has 0 bridgehead atoms. The molecule has 1 saturated heterocycles. The third-order valence-corrected chi connectivity index (χ3v) is 4.30. The molecular weight excluding hydrogens is 312 g/mol. The predicted octanol–water partition coefficient (Wildman–Crippen LogP) is 4.14. The zero-order valence-corrected chi connectivity index (χ0v) is 15.0. The van der Waals surface area contributed by atoms with E-state index in [4.69, 9.17) is 0 Å². The van der Waals surface area contributed by atoms with E-state index in [1.807, 2.05) is 18.2 Å². The summed E-state index contributed by atoms with van der Waals surface area (Å²) in [5.74, 6) is -0.193. The first-order valence-corrected chi connectivity index (χ1v) is 9.01. The second-order valence-electron chi connectivity index (χ2n) is 6.78. The van der Waals surface area contributed by atoms with Crippen LogP contribution in [0.5, 0.6) is 0 Å². The molecule has 2 N–H and O–H groups in total. The molecule has 25 heavy (non-hydrogen) atoms. The maximum absolute atomic E-state index is 12.3. The largest absolute Gasteiger partial charge is 0.382 e. The fourth-order valence-corrected chi connectivity index (χ4v) is 3.05. The van der Waals surface area contributed by atoms with Crippen LogP contribution < -0.4 is 15.5 Å². The number of rotatable bonds is 5. The normalized spacial score (nSPS) is 14.4. The number of piperidine rings is 1. The highest BCUT2D eigenvalue weighted by molar-refractivity contribution is 6.03. The van der Waals surface area contributed by atoms with Crippen molar-refractivity contribution >= 4 is 23.0 Å². The second-order valence-corrected chi connectivity index (χ2v) is 6.78. The lowest BCUT2D eigenvalue weighted by atomic mass is 10.1. The van der Waals surface area contributed by atoms with Gasteiger partial charge in [0.05, 0.1) is 11.9 Å². The van der Waals surface area contributed by atoms with Crippen LogP contribution in [-0.2, 0) is 0 Å². The molecule has 3 rings (SSSR count). The van der Waals surface area contributed by atoms with Gasteiger partial charge in [0.15, 0.2) is 0 Å². The molecule has 0 saturated carbocycles. The lowest BCUT2D eigenvalue weighted by molar-refractivity contribution is 0.102. The van der Waals surface area contributed by atoms with Gasteiger partial charge in [-0.2, -0.15) is 0 Å². The van der Waals surface area contributed by atoms with E-state index >= 15 is 0 Å². The molecule has 132 valence electrons. The third-order valence-electron chi connectivity index (χ3n) is 4.30. The first kappa shape index (κ1) is 17.3. The summed E-state index contributed by atoms with van der Waals surface area (Å²) in [5.41, 5.74) is 3.34. The van der Waals surface area contributed by atoms with E-state index in [1.165, 1.54) is 24.9 Å². The van der Waals surface area contributed by atoms with Crippen molar-refractivity contribution in [1.29, 1.82) is 0 Å².